The summed E-state index contributed by atoms with van der Waals surface area (Å²) in [4.78, 5) is 18.1. The van der Waals surface area contributed by atoms with Crippen molar-refractivity contribution in [3.05, 3.63) is 62.8 Å². The first-order valence-corrected chi connectivity index (χ1v) is 7.87. The van der Waals surface area contributed by atoms with E-state index in [4.69, 9.17) is 5.53 Å². The van der Waals surface area contributed by atoms with Gasteiger partial charge in [0.1, 0.15) is 11.2 Å². The summed E-state index contributed by atoms with van der Waals surface area (Å²) < 4.78 is 4.13. The summed E-state index contributed by atoms with van der Waals surface area (Å²) in [6.07, 6.45) is 1.42. The Balaban J connectivity index is 1.70. The highest BCUT2D eigenvalue weighted by Crippen LogP contribution is 2.18. The lowest BCUT2D eigenvalue weighted by molar-refractivity contribution is 0.0996. The second-order valence-electron chi connectivity index (χ2n) is 5.13. The van der Waals surface area contributed by atoms with Crippen molar-refractivity contribution in [2.45, 2.75) is 6.54 Å². The predicted molar refractivity (Wildman–Crippen MR) is 90.8 cm³/mol. The van der Waals surface area contributed by atoms with Crippen LogP contribution in [0.5, 0.6) is 0 Å². The number of carbonyl (C=O) groups excluding carboxylic acids is 1. The van der Waals surface area contributed by atoms with Crippen molar-refractivity contribution in [1.82, 2.24) is 29.6 Å². The number of aromatic nitrogens is 6. The molecule has 0 N–H and O–H groups in total. The monoisotopic (exact) mass is 397 g/mol. The molecule has 0 spiro atoms. The number of hydrogen-bond acceptors (Lipinski definition) is 5. The minimum Gasteiger partial charge on any atom is -0.285 e. The molecule has 0 saturated heterocycles. The van der Waals surface area contributed by atoms with Crippen LogP contribution in [0, 0.1) is 0 Å². The molecule has 11 heteroatoms. The molecule has 4 aromatic rings. The molecule has 0 aliphatic rings. The average Bonchev–Trinajstić information content (AvgIpc) is 3.19. The van der Waals surface area contributed by atoms with E-state index < -0.39 is 5.91 Å². The molecule has 1 amide bonds. The van der Waals surface area contributed by atoms with Gasteiger partial charge >= 0.3 is 0 Å². The van der Waals surface area contributed by atoms with Gasteiger partial charge in [-0.15, -0.1) is 5.10 Å². The molecular formula is C14H8BrN9O. The van der Waals surface area contributed by atoms with E-state index in [9.17, 15) is 4.79 Å². The van der Waals surface area contributed by atoms with Crippen LogP contribution in [0.4, 0.5) is 0 Å². The van der Waals surface area contributed by atoms with Crippen molar-refractivity contribution >= 4 is 38.5 Å². The molecule has 10 nitrogen and oxygen atoms in total. The van der Waals surface area contributed by atoms with Gasteiger partial charge in [0.25, 0.3) is 5.91 Å². The second kappa shape index (κ2) is 5.96. The minimum absolute atomic E-state index is 0.0394. The fourth-order valence-electron chi connectivity index (χ4n) is 2.41. The third-order valence-electron chi connectivity index (χ3n) is 3.52. The number of benzene rings is 1. The zero-order valence-electron chi connectivity index (χ0n) is 12.5. The zero-order chi connectivity index (χ0) is 17.4. The van der Waals surface area contributed by atoms with Crippen molar-refractivity contribution < 1.29 is 4.79 Å². The summed E-state index contributed by atoms with van der Waals surface area (Å²) in [5.41, 5.74) is 11.2. The Morgan fingerprint density at radius 2 is 2.20 bits per heavy atom. The van der Waals surface area contributed by atoms with Gasteiger partial charge in [-0.25, -0.2) is 14.2 Å². The Bertz CT molecular complexity index is 1170. The Hall–Kier alpha value is -3.30. The van der Waals surface area contributed by atoms with Crippen molar-refractivity contribution in [2.24, 2.45) is 5.11 Å². The van der Waals surface area contributed by atoms with E-state index in [1.54, 1.807) is 16.8 Å². The highest BCUT2D eigenvalue weighted by molar-refractivity contribution is 9.10. The van der Waals surface area contributed by atoms with Crippen molar-refractivity contribution in [3.8, 4) is 0 Å². The van der Waals surface area contributed by atoms with Crippen LogP contribution in [0.15, 0.2) is 46.1 Å². The van der Waals surface area contributed by atoms with Crippen LogP contribution in [0.2, 0.25) is 0 Å². The molecular weight excluding hydrogens is 390 g/mol. The first-order valence-electron chi connectivity index (χ1n) is 7.07. The SMILES string of the molecule is [N-]=[N+]=NC(=O)c1cn2nc(Cn3nnc4ccc(Br)cc43)ccc2n1. The first kappa shape index (κ1) is 15.2. The van der Waals surface area contributed by atoms with E-state index >= 15 is 0 Å². The average molecular weight is 398 g/mol. The van der Waals surface area contributed by atoms with Crippen molar-refractivity contribution in [1.29, 1.82) is 0 Å². The number of rotatable bonds is 3. The quantitative estimate of drug-likeness (QED) is 0.298. The maximum atomic E-state index is 11.6. The van der Waals surface area contributed by atoms with Gasteiger partial charge in [0.15, 0.2) is 5.65 Å². The van der Waals surface area contributed by atoms with Crippen LogP contribution in [0.3, 0.4) is 0 Å². The molecule has 0 aliphatic carbocycles. The number of halogens is 1. The summed E-state index contributed by atoms with van der Waals surface area (Å²) in [6, 6.07) is 9.23. The van der Waals surface area contributed by atoms with E-state index in [0.29, 0.717) is 17.9 Å². The third-order valence-corrected chi connectivity index (χ3v) is 4.01. The molecule has 0 aliphatic heterocycles. The van der Waals surface area contributed by atoms with E-state index in [1.807, 2.05) is 18.2 Å². The molecule has 0 radical (unpaired) electrons. The van der Waals surface area contributed by atoms with Gasteiger partial charge in [-0.1, -0.05) is 21.1 Å². The Kier molecular flexibility index (Phi) is 3.64. The Morgan fingerprint density at radius 1 is 1.32 bits per heavy atom. The number of carbonyl (C=O) groups is 1. The first-order chi connectivity index (χ1) is 12.1. The molecule has 0 bridgehead atoms. The summed E-state index contributed by atoms with van der Waals surface area (Å²) in [6.45, 7) is 0.403. The maximum absolute atomic E-state index is 11.6. The fraction of sp³-hybridized carbons (Fsp3) is 0.0714. The fourth-order valence-corrected chi connectivity index (χ4v) is 2.76. The topological polar surface area (TPSA) is 127 Å². The lowest BCUT2D eigenvalue weighted by Gasteiger charge is -2.03. The summed E-state index contributed by atoms with van der Waals surface area (Å²) in [7, 11) is 0. The molecule has 3 heterocycles. The van der Waals surface area contributed by atoms with Gasteiger partial charge in [0.2, 0.25) is 0 Å². The smallest absolute Gasteiger partial charge is 0.269 e. The van der Waals surface area contributed by atoms with Crippen LogP contribution in [-0.4, -0.2) is 35.5 Å². The van der Waals surface area contributed by atoms with Gasteiger partial charge in [0, 0.05) is 9.38 Å². The number of nitrogens with zero attached hydrogens (tertiary/aromatic N) is 9. The normalized spacial score (nSPS) is 10.9. The number of fused-ring (bicyclic) bond motifs is 2. The number of imidazole rings is 1. The molecule has 3 aromatic heterocycles. The standard InChI is InChI=1S/C14H8BrN9O/c15-8-1-3-10-12(5-8)23(22-18-10)6-9-2-4-13-17-11(7-24(13)20-9)14(25)19-21-16/h1-5,7H,6H2. The maximum Gasteiger partial charge on any atom is 0.269 e. The lowest BCUT2D eigenvalue weighted by atomic mass is 10.3. The Morgan fingerprint density at radius 3 is 3.04 bits per heavy atom. The van der Waals surface area contributed by atoms with Crippen molar-refractivity contribution in [3.63, 3.8) is 0 Å². The largest absolute Gasteiger partial charge is 0.285 e. The van der Waals surface area contributed by atoms with E-state index in [0.717, 1.165) is 15.5 Å². The number of azide groups is 1. The van der Waals surface area contributed by atoms with Gasteiger partial charge < -0.3 is 0 Å². The van der Waals surface area contributed by atoms with Crippen LogP contribution in [0.1, 0.15) is 16.2 Å². The molecule has 0 atom stereocenters. The van der Waals surface area contributed by atoms with Crippen LogP contribution in [0.25, 0.3) is 27.1 Å². The second-order valence-corrected chi connectivity index (χ2v) is 6.04. The van der Waals surface area contributed by atoms with Gasteiger partial charge in [-0.2, -0.15) is 5.10 Å². The molecule has 0 fully saturated rings. The third kappa shape index (κ3) is 2.82. The van der Waals surface area contributed by atoms with Crippen LogP contribution in [-0.2, 0) is 6.54 Å². The molecule has 4 rings (SSSR count). The number of amides is 1. The van der Waals surface area contributed by atoms with Gasteiger partial charge in [0.05, 0.1) is 24.0 Å². The summed E-state index contributed by atoms with van der Waals surface area (Å²) >= 11 is 3.44. The highest BCUT2D eigenvalue weighted by atomic mass is 79.9. The van der Waals surface area contributed by atoms with Crippen LogP contribution >= 0.6 is 15.9 Å². The zero-order valence-corrected chi connectivity index (χ0v) is 14.1. The van der Waals surface area contributed by atoms with E-state index in [-0.39, 0.29) is 5.69 Å². The van der Waals surface area contributed by atoms with Crippen molar-refractivity contribution in [2.75, 3.05) is 0 Å². The minimum atomic E-state index is -0.748. The van der Waals surface area contributed by atoms with Gasteiger partial charge in [-0.05, 0) is 41.0 Å². The van der Waals surface area contributed by atoms with Crippen LogP contribution < -0.4 is 0 Å². The molecule has 122 valence electrons. The molecule has 25 heavy (non-hydrogen) atoms. The molecule has 0 saturated carbocycles. The summed E-state index contributed by atoms with van der Waals surface area (Å²) in [5, 5.41) is 15.7. The molecule has 0 unspecified atom stereocenters. The van der Waals surface area contributed by atoms with E-state index in [1.165, 1.54) is 10.7 Å². The number of hydrogen-bond donors (Lipinski definition) is 0. The van der Waals surface area contributed by atoms with Gasteiger partial charge in [-0.3, -0.25) is 4.79 Å². The lowest BCUT2D eigenvalue weighted by Crippen LogP contribution is -2.06. The predicted octanol–water partition coefficient (Wildman–Crippen LogP) is 2.74. The summed E-state index contributed by atoms with van der Waals surface area (Å²) in [5.74, 6) is -0.748. The Labute approximate surface area is 147 Å². The van der Waals surface area contributed by atoms with E-state index in [2.05, 4.69) is 46.4 Å². The highest BCUT2D eigenvalue weighted by Gasteiger charge is 2.11. The molecule has 1 aromatic carbocycles.